The molecule has 0 aliphatic heterocycles. The van der Waals surface area contributed by atoms with Gasteiger partial charge < -0.3 is 14.2 Å². The fourth-order valence-electron chi connectivity index (χ4n) is 2.41. The standard InChI is InChI=1S/C19H16F3NO3S/c1-24-15-4-3-5-16(25-2)17(15)26-10-14-11-27-18(23-14)12-6-8-13(9-7-12)19(20,21)22/h3-9,11H,10H2,1-2H3. The van der Waals surface area contributed by atoms with Gasteiger partial charge in [0.2, 0.25) is 5.75 Å². The Kier molecular flexibility index (Phi) is 5.55. The third-order valence-electron chi connectivity index (χ3n) is 3.76. The number of nitrogens with zero attached hydrogens (tertiary/aromatic N) is 1. The number of methoxy groups -OCH3 is 2. The van der Waals surface area contributed by atoms with Crippen LogP contribution in [0.1, 0.15) is 11.3 Å². The van der Waals surface area contributed by atoms with E-state index in [0.717, 1.165) is 12.1 Å². The lowest BCUT2D eigenvalue weighted by atomic mass is 10.1. The van der Waals surface area contributed by atoms with Crippen molar-refractivity contribution in [3.63, 3.8) is 0 Å². The molecular formula is C19H16F3NO3S. The summed E-state index contributed by atoms with van der Waals surface area (Å²) < 4.78 is 54.3. The van der Waals surface area contributed by atoms with Crippen molar-refractivity contribution in [3.8, 4) is 27.8 Å². The molecule has 0 atom stereocenters. The molecule has 4 nitrogen and oxygen atoms in total. The number of halogens is 3. The minimum atomic E-state index is -4.35. The molecule has 2 aromatic carbocycles. The van der Waals surface area contributed by atoms with Crippen LogP contribution in [0.2, 0.25) is 0 Å². The highest BCUT2D eigenvalue weighted by Gasteiger charge is 2.30. The number of rotatable bonds is 6. The number of hydrogen-bond donors (Lipinski definition) is 0. The molecule has 8 heteroatoms. The van der Waals surface area contributed by atoms with Crippen LogP contribution in [0.4, 0.5) is 13.2 Å². The number of thiazole rings is 1. The van der Waals surface area contributed by atoms with Gasteiger partial charge in [-0.3, -0.25) is 0 Å². The van der Waals surface area contributed by atoms with E-state index in [0.29, 0.717) is 33.5 Å². The lowest BCUT2D eigenvalue weighted by Crippen LogP contribution is -2.04. The second kappa shape index (κ2) is 7.87. The molecule has 1 heterocycles. The summed E-state index contributed by atoms with van der Waals surface area (Å²) in [7, 11) is 3.07. The Labute approximate surface area is 158 Å². The third kappa shape index (κ3) is 4.33. The van der Waals surface area contributed by atoms with Gasteiger partial charge in [-0.25, -0.2) is 4.98 Å². The Morgan fingerprint density at radius 2 is 1.59 bits per heavy atom. The summed E-state index contributed by atoms with van der Waals surface area (Å²) in [5.74, 6) is 1.53. The number of aromatic nitrogens is 1. The zero-order valence-corrected chi connectivity index (χ0v) is 15.4. The Morgan fingerprint density at radius 3 is 2.15 bits per heavy atom. The molecule has 0 radical (unpaired) electrons. The smallest absolute Gasteiger partial charge is 0.416 e. The largest absolute Gasteiger partial charge is 0.493 e. The summed E-state index contributed by atoms with van der Waals surface area (Å²) in [6, 6.07) is 10.2. The van der Waals surface area contributed by atoms with Gasteiger partial charge in [-0.05, 0) is 24.3 Å². The van der Waals surface area contributed by atoms with E-state index in [1.807, 2.05) is 0 Å². The maximum atomic E-state index is 12.7. The van der Waals surface area contributed by atoms with Gasteiger partial charge in [0, 0.05) is 10.9 Å². The van der Waals surface area contributed by atoms with Crippen LogP contribution in [-0.4, -0.2) is 19.2 Å². The van der Waals surface area contributed by atoms with Crippen molar-refractivity contribution in [2.75, 3.05) is 14.2 Å². The van der Waals surface area contributed by atoms with Crippen molar-refractivity contribution in [1.82, 2.24) is 4.98 Å². The van der Waals surface area contributed by atoms with Gasteiger partial charge >= 0.3 is 6.18 Å². The molecule has 0 bridgehead atoms. The first-order valence-corrected chi connectivity index (χ1v) is 8.76. The highest BCUT2D eigenvalue weighted by atomic mass is 32.1. The molecule has 0 saturated heterocycles. The predicted octanol–water partition coefficient (Wildman–Crippen LogP) is 5.43. The molecule has 0 N–H and O–H groups in total. The Morgan fingerprint density at radius 1 is 0.963 bits per heavy atom. The van der Waals surface area contributed by atoms with Crippen molar-refractivity contribution in [1.29, 1.82) is 0 Å². The van der Waals surface area contributed by atoms with Crippen LogP contribution in [0.3, 0.4) is 0 Å². The van der Waals surface area contributed by atoms with Crippen molar-refractivity contribution in [2.24, 2.45) is 0 Å². The average Bonchev–Trinajstić information content (AvgIpc) is 3.14. The first-order chi connectivity index (χ1) is 12.9. The van der Waals surface area contributed by atoms with E-state index in [2.05, 4.69) is 4.98 Å². The number of hydrogen-bond acceptors (Lipinski definition) is 5. The van der Waals surface area contributed by atoms with Crippen LogP contribution < -0.4 is 14.2 Å². The van der Waals surface area contributed by atoms with E-state index in [1.165, 1.54) is 37.7 Å². The van der Waals surface area contributed by atoms with E-state index in [-0.39, 0.29) is 6.61 Å². The molecule has 1 aromatic heterocycles. The zero-order valence-electron chi connectivity index (χ0n) is 14.5. The summed E-state index contributed by atoms with van der Waals surface area (Å²) in [5.41, 5.74) is 0.589. The van der Waals surface area contributed by atoms with Crippen LogP contribution in [-0.2, 0) is 12.8 Å². The van der Waals surface area contributed by atoms with Crippen molar-refractivity contribution in [2.45, 2.75) is 12.8 Å². The Hall–Kier alpha value is -2.74. The summed E-state index contributed by atoms with van der Waals surface area (Å²) in [6.45, 7) is 0.174. The SMILES string of the molecule is COc1cccc(OC)c1OCc1csc(-c2ccc(C(F)(F)F)cc2)n1. The third-order valence-corrected chi connectivity index (χ3v) is 4.70. The fraction of sp³-hybridized carbons (Fsp3) is 0.211. The highest BCUT2D eigenvalue weighted by molar-refractivity contribution is 7.13. The van der Waals surface area contributed by atoms with Gasteiger partial charge in [0.15, 0.2) is 11.5 Å². The fourth-order valence-corrected chi connectivity index (χ4v) is 3.22. The predicted molar refractivity (Wildman–Crippen MR) is 96.4 cm³/mol. The van der Waals surface area contributed by atoms with E-state index >= 15 is 0 Å². The second-order valence-electron chi connectivity index (χ2n) is 5.50. The molecule has 0 spiro atoms. The zero-order chi connectivity index (χ0) is 19.4. The van der Waals surface area contributed by atoms with Crippen molar-refractivity contribution < 1.29 is 27.4 Å². The van der Waals surface area contributed by atoms with Crippen LogP contribution in [0.25, 0.3) is 10.6 Å². The molecule has 27 heavy (non-hydrogen) atoms. The molecule has 3 aromatic rings. The van der Waals surface area contributed by atoms with Crippen molar-refractivity contribution >= 4 is 11.3 Å². The quantitative estimate of drug-likeness (QED) is 0.558. The summed E-state index contributed by atoms with van der Waals surface area (Å²) in [4.78, 5) is 4.43. The molecule has 142 valence electrons. The molecule has 0 saturated carbocycles. The lowest BCUT2D eigenvalue weighted by Gasteiger charge is -2.13. The Balaban J connectivity index is 1.74. The van der Waals surface area contributed by atoms with Gasteiger partial charge in [0.1, 0.15) is 11.6 Å². The van der Waals surface area contributed by atoms with E-state index in [1.54, 1.807) is 23.6 Å². The van der Waals surface area contributed by atoms with Gasteiger partial charge in [-0.15, -0.1) is 11.3 Å². The minimum absolute atomic E-state index is 0.174. The van der Waals surface area contributed by atoms with E-state index in [9.17, 15) is 13.2 Å². The summed E-state index contributed by atoms with van der Waals surface area (Å²) in [5, 5.41) is 2.42. The van der Waals surface area contributed by atoms with E-state index < -0.39 is 11.7 Å². The maximum absolute atomic E-state index is 12.7. The van der Waals surface area contributed by atoms with Gasteiger partial charge in [0.05, 0.1) is 25.5 Å². The van der Waals surface area contributed by atoms with Crippen LogP contribution in [0.15, 0.2) is 47.8 Å². The highest BCUT2D eigenvalue weighted by Crippen LogP contribution is 2.37. The molecule has 0 fully saturated rings. The average molecular weight is 395 g/mol. The summed E-state index contributed by atoms with van der Waals surface area (Å²) in [6.07, 6.45) is -4.35. The minimum Gasteiger partial charge on any atom is -0.493 e. The van der Waals surface area contributed by atoms with E-state index in [4.69, 9.17) is 14.2 Å². The second-order valence-corrected chi connectivity index (χ2v) is 6.36. The first-order valence-electron chi connectivity index (χ1n) is 7.88. The molecule has 3 rings (SSSR count). The summed E-state index contributed by atoms with van der Waals surface area (Å²) >= 11 is 1.34. The molecule has 0 aliphatic carbocycles. The van der Waals surface area contributed by atoms with Gasteiger partial charge in [-0.2, -0.15) is 13.2 Å². The molecular weight excluding hydrogens is 379 g/mol. The lowest BCUT2D eigenvalue weighted by molar-refractivity contribution is -0.137. The topological polar surface area (TPSA) is 40.6 Å². The number of alkyl halides is 3. The van der Waals surface area contributed by atoms with Crippen LogP contribution >= 0.6 is 11.3 Å². The first kappa shape index (κ1) is 19.0. The maximum Gasteiger partial charge on any atom is 0.416 e. The molecule has 0 unspecified atom stereocenters. The normalized spacial score (nSPS) is 11.3. The molecule has 0 amide bonds. The van der Waals surface area contributed by atoms with Crippen molar-refractivity contribution in [3.05, 3.63) is 59.1 Å². The van der Waals surface area contributed by atoms with Gasteiger partial charge in [0.25, 0.3) is 0 Å². The monoisotopic (exact) mass is 395 g/mol. The number of ether oxygens (including phenoxy) is 3. The number of para-hydroxylation sites is 1. The number of benzene rings is 2. The van der Waals surface area contributed by atoms with Crippen LogP contribution in [0, 0.1) is 0 Å². The van der Waals surface area contributed by atoms with Crippen LogP contribution in [0.5, 0.6) is 17.2 Å². The van der Waals surface area contributed by atoms with Gasteiger partial charge in [-0.1, -0.05) is 18.2 Å². The molecule has 0 aliphatic rings. The Bertz CT molecular complexity index is 885.